The van der Waals surface area contributed by atoms with Gasteiger partial charge in [0.2, 0.25) is 0 Å². The van der Waals surface area contributed by atoms with Crippen molar-refractivity contribution in [2.75, 3.05) is 13.2 Å². The average Bonchev–Trinajstić information content (AvgIpc) is 3.04. The van der Waals surface area contributed by atoms with Crippen LogP contribution in [0.15, 0.2) is 24.3 Å². The Hall–Kier alpha value is -2.19. The molecule has 2 fully saturated rings. The van der Waals surface area contributed by atoms with Gasteiger partial charge in [-0.25, -0.2) is 4.79 Å². The minimum atomic E-state index is -0.898. The van der Waals surface area contributed by atoms with E-state index in [-0.39, 0.29) is 24.9 Å². The predicted molar refractivity (Wildman–Crippen MR) is 76.1 cm³/mol. The van der Waals surface area contributed by atoms with E-state index in [9.17, 15) is 14.9 Å². The normalized spacial score (nSPS) is 29.1. The van der Waals surface area contributed by atoms with E-state index in [1.165, 1.54) is 0 Å². The molecule has 8 heteroatoms. The van der Waals surface area contributed by atoms with E-state index in [4.69, 9.17) is 14.2 Å². The van der Waals surface area contributed by atoms with Crippen LogP contribution >= 0.6 is 0 Å². The van der Waals surface area contributed by atoms with Crippen LogP contribution in [0.3, 0.4) is 0 Å². The van der Waals surface area contributed by atoms with Crippen molar-refractivity contribution in [1.29, 1.82) is 0 Å². The molecule has 0 amide bonds. The molecular formula is C15H17NO7. The van der Waals surface area contributed by atoms with E-state index in [1.54, 1.807) is 24.3 Å². The molecule has 3 rings (SSSR count). The number of rotatable bonds is 5. The van der Waals surface area contributed by atoms with E-state index in [0.717, 1.165) is 6.42 Å². The molecule has 0 saturated carbocycles. The molecular weight excluding hydrogens is 306 g/mol. The molecule has 0 aliphatic carbocycles. The number of benzene rings is 1. The number of nitrogens with zero attached hydrogens (tertiary/aromatic N) is 1. The Morgan fingerprint density at radius 2 is 2.26 bits per heavy atom. The molecule has 0 N–H and O–H groups in total. The van der Waals surface area contributed by atoms with E-state index in [2.05, 4.69) is 4.84 Å². The van der Waals surface area contributed by atoms with E-state index >= 15 is 0 Å². The van der Waals surface area contributed by atoms with Gasteiger partial charge in [-0.3, -0.25) is 0 Å². The van der Waals surface area contributed by atoms with Gasteiger partial charge < -0.3 is 19.0 Å². The lowest BCUT2D eigenvalue weighted by molar-refractivity contribution is -0.763. The summed E-state index contributed by atoms with van der Waals surface area (Å²) in [4.78, 5) is 27.1. The lowest BCUT2D eigenvalue weighted by Crippen LogP contribution is -2.38. The highest BCUT2D eigenvalue weighted by atomic mass is 16.9. The van der Waals surface area contributed by atoms with Gasteiger partial charge in [0, 0.05) is 6.42 Å². The summed E-state index contributed by atoms with van der Waals surface area (Å²) in [6, 6.07) is 6.46. The fraction of sp³-hybridized carbons (Fsp3) is 0.533. The van der Waals surface area contributed by atoms with Gasteiger partial charge in [0.25, 0.3) is 5.09 Å². The molecule has 2 aliphatic heterocycles. The van der Waals surface area contributed by atoms with E-state index in [1.807, 2.05) is 6.92 Å². The van der Waals surface area contributed by atoms with Crippen LogP contribution in [0.2, 0.25) is 0 Å². The van der Waals surface area contributed by atoms with Crippen LogP contribution < -0.4 is 0 Å². The standard InChI is InChI=1S/C15H17NO7/c1-15-6-7-20-13(15)12(9-21-15)23-14(17)11-5-3-2-4-10(11)8-22-16(18)19/h2-5,12-13H,6-9H2,1H3/t12-,13-,15-/m1/s1. The molecule has 1 aromatic carbocycles. The SMILES string of the molecule is C[C@@]12CCO[C@@H]1[C@H](OC(=O)c1ccccc1CO[N+](=O)[O-])CO2. The number of carbonyl (C=O) groups excluding carboxylic acids is 1. The van der Waals surface area contributed by atoms with Gasteiger partial charge in [-0.05, 0) is 18.6 Å². The average molecular weight is 323 g/mol. The molecule has 0 spiro atoms. The van der Waals surface area contributed by atoms with Crippen molar-refractivity contribution in [3.05, 3.63) is 45.5 Å². The summed E-state index contributed by atoms with van der Waals surface area (Å²) < 4.78 is 16.8. The lowest BCUT2D eigenvalue weighted by Gasteiger charge is -2.22. The summed E-state index contributed by atoms with van der Waals surface area (Å²) in [5.41, 5.74) is 0.211. The van der Waals surface area contributed by atoms with Gasteiger partial charge in [0.1, 0.15) is 12.7 Å². The molecule has 1 aromatic rings. The summed E-state index contributed by atoms with van der Waals surface area (Å²) in [5, 5.41) is 9.43. The molecule has 8 nitrogen and oxygen atoms in total. The van der Waals surface area contributed by atoms with Crippen molar-refractivity contribution < 1.29 is 28.9 Å². The minimum absolute atomic E-state index is 0.237. The number of ether oxygens (including phenoxy) is 3. The van der Waals surface area contributed by atoms with Crippen molar-refractivity contribution in [3.8, 4) is 0 Å². The molecule has 0 aromatic heterocycles. The predicted octanol–water partition coefficient (Wildman–Crippen LogP) is 1.50. The Balaban J connectivity index is 1.70. The number of hydrogen-bond donors (Lipinski definition) is 0. The first-order valence-corrected chi connectivity index (χ1v) is 7.31. The van der Waals surface area contributed by atoms with Crippen LogP contribution in [0.1, 0.15) is 29.3 Å². The Labute approximate surface area is 132 Å². The number of esters is 1. The monoisotopic (exact) mass is 323 g/mol. The minimum Gasteiger partial charge on any atom is -0.453 e. The van der Waals surface area contributed by atoms with E-state index in [0.29, 0.717) is 12.2 Å². The van der Waals surface area contributed by atoms with Crippen LogP contribution in [-0.4, -0.2) is 42.1 Å². The van der Waals surface area contributed by atoms with Crippen molar-refractivity contribution >= 4 is 5.97 Å². The largest absolute Gasteiger partial charge is 0.453 e. The van der Waals surface area contributed by atoms with Gasteiger partial charge in [-0.15, -0.1) is 10.1 Å². The highest BCUT2D eigenvalue weighted by molar-refractivity contribution is 5.91. The zero-order valence-electron chi connectivity index (χ0n) is 12.6. The molecule has 124 valence electrons. The van der Waals surface area contributed by atoms with E-state index < -0.39 is 22.8 Å². The summed E-state index contributed by atoms with van der Waals surface area (Å²) in [5.74, 6) is -0.569. The second kappa shape index (κ2) is 6.13. The maximum absolute atomic E-state index is 12.4. The molecule has 23 heavy (non-hydrogen) atoms. The van der Waals surface area contributed by atoms with Crippen molar-refractivity contribution in [1.82, 2.24) is 0 Å². The molecule has 2 aliphatic rings. The van der Waals surface area contributed by atoms with Gasteiger partial charge in [-0.2, -0.15) is 0 Å². The second-order valence-corrected chi connectivity index (χ2v) is 5.76. The van der Waals surface area contributed by atoms with Crippen molar-refractivity contribution in [3.63, 3.8) is 0 Å². The topological polar surface area (TPSA) is 97.1 Å². The molecule has 0 radical (unpaired) electrons. The smallest absolute Gasteiger partial charge is 0.338 e. The summed E-state index contributed by atoms with van der Waals surface area (Å²) in [6.45, 7) is 2.48. The molecule has 2 saturated heterocycles. The van der Waals surface area contributed by atoms with Gasteiger partial charge in [0.05, 0.1) is 24.4 Å². The summed E-state index contributed by atoms with van der Waals surface area (Å²) in [7, 11) is 0. The zero-order valence-corrected chi connectivity index (χ0v) is 12.6. The number of hydrogen-bond acceptors (Lipinski definition) is 7. The number of fused-ring (bicyclic) bond motifs is 1. The molecule has 3 atom stereocenters. The molecule has 0 bridgehead atoms. The number of carbonyl (C=O) groups is 1. The third-order valence-electron chi connectivity index (χ3n) is 4.23. The second-order valence-electron chi connectivity index (χ2n) is 5.76. The highest BCUT2D eigenvalue weighted by Crippen LogP contribution is 2.38. The fourth-order valence-electron chi connectivity index (χ4n) is 2.99. The molecule has 2 heterocycles. The van der Waals surface area contributed by atoms with Crippen LogP contribution in [0.5, 0.6) is 0 Å². The van der Waals surface area contributed by atoms with Crippen molar-refractivity contribution in [2.24, 2.45) is 0 Å². The van der Waals surface area contributed by atoms with Crippen molar-refractivity contribution in [2.45, 2.75) is 37.8 Å². The third-order valence-corrected chi connectivity index (χ3v) is 4.23. The summed E-state index contributed by atoms with van der Waals surface area (Å²) >= 11 is 0. The van der Waals surface area contributed by atoms with Crippen LogP contribution in [0, 0.1) is 10.1 Å². The Morgan fingerprint density at radius 1 is 1.48 bits per heavy atom. The third kappa shape index (κ3) is 3.13. The highest BCUT2D eigenvalue weighted by Gasteiger charge is 2.52. The fourth-order valence-corrected chi connectivity index (χ4v) is 2.99. The van der Waals surface area contributed by atoms with Crippen LogP contribution in [-0.2, 0) is 25.7 Å². The van der Waals surface area contributed by atoms with Gasteiger partial charge >= 0.3 is 5.97 Å². The van der Waals surface area contributed by atoms with Crippen LogP contribution in [0.25, 0.3) is 0 Å². The Kier molecular flexibility index (Phi) is 4.18. The van der Waals surface area contributed by atoms with Gasteiger partial charge in [-0.1, -0.05) is 18.2 Å². The first-order valence-electron chi connectivity index (χ1n) is 7.31. The Morgan fingerprint density at radius 3 is 3.04 bits per heavy atom. The quantitative estimate of drug-likeness (QED) is 0.460. The molecule has 0 unspecified atom stereocenters. The maximum atomic E-state index is 12.4. The van der Waals surface area contributed by atoms with Crippen LogP contribution in [0.4, 0.5) is 0 Å². The summed E-state index contributed by atoms with van der Waals surface area (Å²) in [6.07, 6.45) is -0.00738. The Bertz CT molecular complexity index is 620. The first kappa shape index (κ1) is 15.7. The van der Waals surface area contributed by atoms with Gasteiger partial charge in [0.15, 0.2) is 6.10 Å². The lowest BCUT2D eigenvalue weighted by atomic mass is 9.97. The maximum Gasteiger partial charge on any atom is 0.338 e. The first-order chi connectivity index (χ1) is 11.0. The zero-order chi connectivity index (χ0) is 16.4.